The van der Waals surface area contributed by atoms with Crippen LogP contribution in [0, 0.1) is 5.82 Å². The summed E-state index contributed by atoms with van der Waals surface area (Å²) in [6, 6.07) is 9.52. The molecule has 22 heavy (non-hydrogen) atoms. The molecule has 6 heteroatoms. The molecule has 0 spiro atoms. The average Bonchev–Trinajstić information content (AvgIpc) is 2.97. The quantitative estimate of drug-likeness (QED) is 0.397. The van der Waals surface area contributed by atoms with Crippen LogP contribution in [0.5, 0.6) is 0 Å². The summed E-state index contributed by atoms with van der Waals surface area (Å²) >= 11 is 1.25. The third-order valence-corrected chi connectivity index (χ3v) is 3.96. The second-order valence-corrected chi connectivity index (χ2v) is 5.62. The van der Waals surface area contributed by atoms with E-state index < -0.39 is 17.5 Å². The van der Waals surface area contributed by atoms with Gasteiger partial charge in [0.05, 0.1) is 12.0 Å². The van der Waals surface area contributed by atoms with E-state index in [-0.39, 0.29) is 5.82 Å². The lowest BCUT2D eigenvalue weighted by atomic mass is 10.1. The zero-order valence-corrected chi connectivity index (χ0v) is 12.5. The van der Waals surface area contributed by atoms with Crippen LogP contribution in [0.3, 0.4) is 0 Å². The maximum absolute atomic E-state index is 12.8. The molecular weight excluding hydrogens is 307 g/mol. The Bertz CT molecular complexity index is 716. The van der Waals surface area contributed by atoms with E-state index in [4.69, 9.17) is 0 Å². The Morgan fingerprint density at radius 1 is 1.23 bits per heavy atom. The number of aliphatic hydroxyl groups is 1. The first-order chi connectivity index (χ1) is 10.5. The number of rotatable bonds is 5. The number of ketones is 1. The fourth-order valence-electron chi connectivity index (χ4n) is 1.77. The molecule has 2 aromatic rings. The lowest BCUT2D eigenvalue weighted by molar-refractivity contribution is -0.139. The van der Waals surface area contributed by atoms with Gasteiger partial charge < -0.3 is 9.84 Å². The molecule has 0 aliphatic rings. The third-order valence-electron chi connectivity index (χ3n) is 2.86. The van der Waals surface area contributed by atoms with Crippen LogP contribution >= 0.6 is 11.3 Å². The van der Waals surface area contributed by atoms with Crippen molar-refractivity contribution in [3.05, 3.63) is 69.4 Å². The number of thiophene rings is 1. The minimum atomic E-state index is -0.962. The first-order valence-electron chi connectivity index (χ1n) is 6.36. The normalized spacial score (nSPS) is 11.3. The molecule has 0 amide bonds. The van der Waals surface area contributed by atoms with Crippen LogP contribution in [0.4, 0.5) is 4.39 Å². The van der Waals surface area contributed by atoms with E-state index in [1.54, 1.807) is 24.3 Å². The first kappa shape index (κ1) is 15.9. The van der Waals surface area contributed by atoms with Crippen molar-refractivity contribution in [2.45, 2.75) is 6.42 Å². The van der Waals surface area contributed by atoms with Crippen LogP contribution in [0.15, 0.2) is 48.2 Å². The van der Waals surface area contributed by atoms with Crippen molar-refractivity contribution in [1.82, 2.24) is 0 Å². The number of carbonyl (C=O) groups is 2. The number of halogens is 1. The summed E-state index contributed by atoms with van der Waals surface area (Å²) in [4.78, 5) is 24.2. The van der Waals surface area contributed by atoms with Crippen LogP contribution in [0.25, 0.3) is 0 Å². The van der Waals surface area contributed by atoms with E-state index in [0.29, 0.717) is 11.3 Å². The van der Waals surface area contributed by atoms with Gasteiger partial charge in [0.15, 0.2) is 5.78 Å². The van der Waals surface area contributed by atoms with Crippen molar-refractivity contribution >= 4 is 23.1 Å². The molecule has 2 rings (SSSR count). The van der Waals surface area contributed by atoms with Crippen LogP contribution in [-0.4, -0.2) is 24.0 Å². The monoisotopic (exact) mass is 320 g/mol. The van der Waals surface area contributed by atoms with E-state index in [0.717, 1.165) is 23.6 Å². The minimum Gasteiger partial charge on any atom is -0.502 e. The highest BCUT2D eigenvalue weighted by Crippen LogP contribution is 2.21. The number of hydrogen-bond acceptors (Lipinski definition) is 5. The lowest BCUT2D eigenvalue weighted by Crippen LogP contribution is -2.06. The molecule has 1 heterocycles. The summed E-state index contributed by atoms with van der Waals surface area (Å²) < 4.78 is 17.1. The van der Waals surface area contributed by atoms with Crippen molar-refractivity contribution in [3.8, 4) is 0 Å². The van der Waals surface area contributed by atoms with E-state index in [1.807, 2.05) is 0 Å². The molecule has 0 bridgehead atoms. The van der Waals surface area contributed by atoms with Crippen molar-refractivity contribution in [3.63, 3.8) is 0 Å². The molecule has 0 saturated heterocycles. The molecule has 0 fully saturated rings. The number of carbonyl (C=O) groups excluding carboxylic acids is 2. The van der Waals surface area contributed by atoms with Gasteiger partial charge in [0.1, 0.15) is 5.82 Å². The molecule has 4 nitrogen and oxygen atoms in total. The van der Waals surface area contributed by atoms with E-state index in [1.165, 1.54) is 23.5 Å². The van der Waals surface area contributed by atoms with Gasteiger partial charge in [-0.05, 0) is 29.8 Å². The number of benzene rings is 1. The maximum Gasteiger partial charge on any atom is 0.373 e. The summed E-state index contributed by atoms with van der Waals surface area (Å²) in [7, 11) is 1.11. The highest BCUT2D eigenvalue weighted by molar-refractivity contribution is 7.14. The van der Waals surface area contributed by atoms with Crippen molar-refractivity contribution in [1.29, 1.82) is 0 Å². The fraction of sp³-hybridized carbons (Fsp3) is 0.125. The average molecular weight is 320 g/mol. The smallest absolute Gasteiger partial charge is 0.373 e. The van der Waals surface area contributed by atoms with Gasteiger partial charge in [-0.1, -0.05) is 12.1 Å². The van der Waals surface area contributed by atoms with Gasteiger partial charge in [0.25, 0.3) is 0 Å². The topological polar surface area (TPSA) is 63.6 Å². The zero-order valence-electron chi connectivity index (χ0n) is 11.7. The summed E-state index contributed by atoms with van der Waals surface area (Å²) in [5, 5.41) is 9.35. The molecule has 0 saturated carbocycles. The van der Waals surface area contributed by atoms with Gasteiger partial charge in [-0.2, -0.15) is 0 Å². The summed E-state index contributed by atoms with van der Waals surface area (Å²) in [6.45, 7) is 0. The third kappa shape index (κ3) is 4.02. The van der Waals surface area contributed by atoms with Gasteiger partial charge in [0.2, 0.25) is 5.76 Å². The minimum absolute atomic E-state index is 0.297. The molecule has 0 radical (unpaired) electrons. The van der Waals surface area contributed by atoms with E-state index in [9.17, 15) is 19.1 Å². The largest absolute Gasteiger partial charge is 0.502 e. The van der Waals surface area contributed by atoms with Crippen LogP contribution < -0.4 is 0 Å². The van der Waals surface area contributed by atoms with Gasteiger partial charge >= 0.3 is 5.97 Å². The summed E-state index contributed by atoms with van der Waals surface area (Å²) in [6.07, 6.45) is 1.41. The second kappa shape index (κ2) is 7.00. The Balaban J connectivity index is 2.09. The predicted molar refractivity (Wildman–Crippen MR) is 80.6 cm³/mol. The van der Waals surface area contributed by atoms with Crippen LogP contribution in [0.1, 0.15) is 20.1 Å². The Morgan fingerprint density at radius 2 is 1.91 bits per heavy atom. The van der Waals surface area contributed by atoms with E-state index in [2.05, 4.69) is 4.74 Å². The summed E-state index contributed by atoms with van der Waals surface area (Å²) in [5.41, 5.74) is 0.926. The fourth-order valence-corrected chi connectivity index (χ4v) is 2.72. The molecule has 0 aliphatic heterocycles. The molecule has 0 atom stereocenters. The second-order valence-electron chi connectivity index (χ2n) is 4.45. The number of hydrogen-bond donors (Lipinski definition) is 1. The number of methoxy groups -OCH3 is 1. The van der Waals surface area contributed by atoms with E-state index >= 15 is 0 Å². The molecule has 114 valence electrons. The number of ether oxygens (including phenoxy) is 1. The van der Waals surface area contributed by atoms with Gasteiger partial charge in [0, 0.05) is 17.4 Å². The molecule has 0 aliphatic carbocycles. The Kier molecular flexibility index (Phi) is 5.06. The summed E-state index contributed by atoms with van der Waals surface area (Å²) in [5.74, 6) is -2.47. The van der Waals surface area contributed by atoms with Gasteiger partial charge in [-0.15, -0.1) is 11.3 Å². The van der Waals surface area contributed by atoms with Crippen molar-refractivity contribution in [2.24, 2.45) is 0 Å². The molecule has 0 unspecified atom stereocenters. The van der Waals surface area contributed by atoms with Gasteiger partial charge in [-0.3, -0.25) is 4.79 Å². The maximum atomic E-state index is 12.8. The zero-order chi connectivity index (χ0) is 16.1. The predicted octanol–water partition coefficient (Wildman–Crippen LogP) is 3.28. The highest BCUT2D eigenvalue weighted by atomic mass is 32.1. The van der Waals surface area contributed by atoms with Crippen molar-refractivity contribution < 1.29 is 23.8 Å². The Labute approximate surface area is 130 Å². The molecular formula is C16H13FO4S. The highest BCUT2D eigenvalue weighted by Gasteiger charge is 2.13. The SMILES string of the molecule is COC(=O)/C(O)=C/C(=O)c1ccc(Cc2ccc(F)cc2)s1. The van der Waals surface area contributed by atoms with Crippen LogP contribution in [0.2, 0.25) is 0 Å². The molecule has 1 aromatic heterocycles. The number of aliphatic hydroxyl groups excluding tert-OH is 1. The standard InChI is InChI=1S/C16H13FO4S/c1-21-16(20)14(19)9-13(18)15-7-6-12(22-15)8-10-2-4-11(17)5-3-10/h2-7,9,19H,8H2,1H3/b14-9-. The Hall–Kier alpha value is -2.47. The van der Waals surface area contributed by atoms with Crippen molar-refractivity contribution in [2.75, 3.05) is 7.11 Å². The van der Waals surface area contributed by atoms with Gasteiger partial charge in [-0.25, -0.2) is 9.18 Å². The molecule has 1 N–H and O–H groups in total. The number of esters is 1. The first-order valence-corrected chi connectivity index (χ1v) is 7.17. The van der Waals surface area contributed by atoms with Crippen LogP contribution in [-0.2, 0) is 16.0 Å². The lowest BCUT2D eigenvalue weighted by Gasteiger charge is -1.98. The number of allylic oxidation sites excluding steroid dienone is 1. The molecule has 1 aromatic carbocycles. The Morgan fingerprint density at radius 3 is 2.55 bits per heavy atom.